The number of ketones is 1. The fourth-order valence-corrected chi connectivity index (χ4v) is 2.47. The first kappa shape index (κ1) is 11.2. The topological polar surface area (TPSA) is 60.9 Å². The molecular formula is C12H19N3O. The highest BCUT2D eigenvalue weighted by atomic mass is 16.1. The van der Waals surface area contributed by atoms with Gasteiger partial charge in [0, 0.05) is 19.0 Å². The van der Waals surface area contributed by atoms with Crippen LogP contribution in [-0.2, 0) is 7.05 Å². The lowest BCUT2D eigenvalue weighted by atomic mass is 9.93. The maximum atomic E-state index is 12.3. The summed E-state index contributed by atoms with van der Waals surface area (Å²) in [6, 6.07) is 1.69. The fourth-order valence-electron chi connectivity index (χ4n) is 2.47. The van der Waals surface area contributed by atoms with Gasteiger partial charge in [-0.15, -0.1) is 0 Å². The summed E-state index contributed by atoms with van der Waals surface area (Å²) in [4.78, 5) is 12.3. The maximum Gasteiger partial charge on any atom is 0.183 e. The number of carbonyl (C=O) groups excluding carboxylic acids is 1. The van der Waals surface area contributed by atoms with Gasteiger partial charge in [0.25, 0.3) is 0 Å². The number of hydrogen-bond donors (Lipinski definition) is 1. The van der Waals surface area contributed by atoms with Crippen LogP contribution < -0.4 is 5.73 Å². The van der Waals surface area contributed by atoms with Crippen LogP contribution in [0.5, 0.6) is 0 Å². The number of aryl methyl sites for hydroxylation is 1. The van der Waals surface area contributed by atoms with E-state index < -0.39 is 0 Å². The molecule has 1 heterocycles. The number of Topliss-reactive ketones (excluding diaryl/α,β-unsaturated/α-hetero) is 1. The Bertz CT molecular complexity index is 376. The summed E-state index contributed by atoms with van der Waals surface area (Å²) in [6.07, 6.45) is 6.90. The van der Waals surface area contributed by atoms with Crippen LogP contribution in [-0.4, -0.2) is 15.6 Å². The van der Waals surface area contributed by atoms with Gasteiger partial charge in [-0.05, 0) is 12.8 Å². The minimum Gasteiger partial charge on any atom is -0.382 e. The zero-order valence-corrected chi connectivity index (χ0v) is 9.78. The predicted octanol–water partition coefficient (Wildman–Crippen LogP) is 2.16. The third-order valence-electron chi connectivity index (χ3n) is 3.38. The molecule has 1 aromatic heterocycles. The monoisotopic (exact) mass is 221 g/mol. The Balaban J connectivity index is 2.14. The van der Waals surface area contributed by atoms with Crippen molar-refractivity contribution in [2.24, 2.45) is 13.0 Å². The number of aromatic nitrogens is 2. The lowest BCUT2D eigenvalue weighted by Crippen LogP contribution is -2.17. The molecule has 0 saturated heterocycles. The molecule has 0 amide bonds. The Morgan fingerprint density at radius 2 is 2.00 bits per heavy atom. The predicted molar refractivity (Wildman–Crippen MR) is 63.1 cm³/mol. The second-order valence-corrected chi connectivity index (χ2v) is 4.63. The van der Waals surface area contributed by atoms with E-state index in [1.807, 2.05) is 0 Å². The summed E-state index contributed by atoms with van der Waals surface area (Å²) in [7, 11) is 1.78. The number of nitrogens with zero attached hydrogens (tertiary/aromatic N) is 2. The van der Waals surface area contributed by atoms with Gasteiger partial charge in [0.15, 0.2) is 5.78 Å². The standard InChI is InChI=1S/C12H19N3O/c1-15-10(8-11(13)14-15)12(16)9-6-4-2-3-5-7-9/h8-9H,2-7H2,1H3,(H2,13,14). The molecule has 0 spiro atoms. The summed E-state index contributed by atoms with van der Waals surface area (Å²) in [5.74, 6) is 0.824. The Hall–Kier alpha value is -1.32. The van der Waals surface area contributed by atoms with Gasteiger partial charge in [-0.2, -0.15) is 5.10 Å². The van der Waals surface area contributed by atoms with Crippen molar-refractivity contribution < 1.29 is 4.79 Å². The van der Waals surface area contributed by atoms with Crippen LogP contribution in [0.25, 0.3) is 0 Å². The molecule has 1 aliphatic rings. The summed E-state index contributed by atoms with van der Waals surface area (Å²) in [6.45, 7) is 0. The van der Waals surface area contributed by atoms with Gasteiger partial charge < -0.3 is 5.73 Å². The molecule has 1 aromatic rings. The van der Waals surface area contributed by atoms with Crippen molar-refractivity contribution in [3.05, 3.63) is 11.8 Å². The molecule has 0 bridgehead atoms. The van der Waals surface area contributed by atoms with Crippen molar-refractivity contribution in [1.29, 1.82) is 0 Å². The second kappa shape index (κ2) is 4.68. The molecule has 0 unspecified atom stereocenters. The fraction of sp³-hybridized carbons (Fsp3) is 0.667. The summed E-state index contributed by atoms with van der Waals surface area (Å²) in [5, 5.41) is 4.02. The van der Waals surface area contributed by atoms with E-state index in [-0.39, 0.29) is 11.7 Å². The van der Waals surface area contributed by atoms with E-state index >= 15 is 0 Å². The zero-order valence-electron chi connectivity index (χ0n) is 9.78. The molecule has 1 fully saturated rings. The van der Waals surface area contributed by atoms with Gasteiger partial charge >= 0.3 is 0 Å². The largest absolute Gasteiger partial charge is 0.382 e. The molecule has 1 saturated carbocycles. The number of nitrogens with two attached hydrogens (primary N) is 1. The number of anilines is 1. The molecule has 4 heteroatoms. The van der Waals surface area contributed by atoms with E-state index in [1.54, 1.807) is 17.8 Å². The van der Waals surface area contributed by atoms with E-state index in [4.69, 9.17) is 5.73 Å². The van der Waals surface area contributed by atoms with Gasteiger partial charge in [-0.25, -0.2) is 0 Å². The van der Waals surface area contributed by atoms with Crippen molar-refractivity contribution in [2.45, 2.75) is 38.5 Å². The molecule has 0 aromatic carbocycles. The maximum absolute atomic E-state index is 12.3. The van der Waals surface area contributed by atoms with Crippen LogP contribution in [0.1, 0.15) is 49.0 Å². The van der Waals surface area contributed by atoms with Crippen molar-refractivity contribution in [3.8, 4) is 0 Å². The van der Waals surface area contributed by atoms with Crippen LogP contribution in [0.3, 0.4) is 0 Å². The van der Waals surface area contributed by atoms with Gasteiger partial charge in [-0.1, -0.05) is 25.7 Å². The van der Waals surface area contributed by atoms with Crippen LogP contribution in [0.2, 0.25) is 0 Å². The highest BCUT2D eigenvalue weighted by molar-refractivity contribution is 5.96. The molecule has 88 valence electrons. The minimum absolute atomic E-state index is 0.178. The van der Waals surface area contributed by atoms with E-state index in [0.29, 0.717) is 11.5 Å². The molecule has 0 radical (unpaired) electrons. The van der Waals surface area contributed by atoms with E-state index in [2.05, 4.69) is 5.10 Å². The second-order valence-electron chi connectivity index (χ2n) is 4.63. The quantitative estimate of drug-likeness (QED) is 0.615. The highest BCUT2D eigenvalue weighted by Gasteiger charge is 2.23. The third kappa shape index (κ3) is 2.26. The Morgan fingerprint density at radius 1 is 1.38 bits per heavy atom. The molecule has 0 atom stereocenters. The molecule has 0 aliphatic heterocycles. The van der Waals surface area contributed by atoms with Crippen LogP contribution >= 0.6 is 0 Å². The van der Waals surface area contributed by atoms with Crippen molar-refractivity contribution >= 4 is 11.6 Å². The lowest BCUT2D eigenvalue weighted by molar-refractivity contribution is 0.0898. The van der Waals surface area contributed by atoms with Gasteiger partial charge in [0.05, 0.1) is 0 Å². The van der Waals surface area contributed by atoms with E-state index in [1.165, 1.54) is 25.7 Å². The summed E-state index contributed by atoms with van der Waals surface area (Å²) in [5.41, 5.74) is 6.25. The smallest absolute Gasteiger partial charge is 0.183 e. The van der Waals surface area contributed by atoms with Gasteiger partial charge in [-0.3, -0.25) is 9.48 Å². The molecule has 2 N–H and O–H groups in total. The number of hydrogen-bond acceptors (Lipinski definition) is 3. The zero-order chi connectivity index (χ0) is 11.5. The first-order chi connectivity index (χ1) is 7.68. The Kier molecular flexibility index (Phi) is 3.27. The molecule has 16 heavy (non-hydrogen) atoms. The summed E-state index contributed by atoms with van der Waals surface area (Å²) >= 11 is 0. The number of nitrogen functional groups attached to an aromatic ring is 1. The van der Waals surface area contributed by atoms with Crippen molar-refractivity contribution in [1.82, 2.24) is 9.78 Å². The first-order valence-electron chi connectivity index (χ1n) is 6.02. The average Bonchev–Trinajstić information content (AvgIpc) is 2.49. The molecule has 4 nitrogen and oxygen atoms in total. The van der Waals surface area contributed by atoms with Gasteiger partial charge in [0.1, 0.15) is 11.5 Å². The first-order valence-corrected chi connectivity index (χ1v) is 6.02. The van der Waals surface area contributed by atoms with Crippen LogP contribution in [0.15, 0.2) is 6.07 Å². The molecular weight excluding hydrogens is 202 g/mol. The van der Waals surface area contributed by atoms with Crippen molar-refractivity contribution in [2.75, 3.05) is 5.73 Å². The SMILES string of the molecule is Cn1nc(N)cc1C(=O)C1CCCCCC1. The van der Waals surface area contributed by atoms with E-state index in [9.17, 15) is 4.79 Å². The van der Waals surface area contributed by atoms with Gasteiger partial charge in [0.2, 0.25) is 0 Å². The lowest BCUT2D eigenvalue weighted by Gasteiger charge is -2.12. The minimum atomic E-state index is 0.178. The molecule has 2 rings (SSSR count). The Labute approximate surface area is 95.8 Å². The van der Waals surface area contributed by atoms with Crippen molar-refractivity contribution in [3.63, 3.8) is 0 Å². The number of rotatable bonds is 2. The third-order valence-corrected chi connectivity index (χ3v) is 3.38. The van der Waals surface area contributed by atoms with Crippen LogP contribution in [0.4, 0.5) is 5.82 Å². The van der Waals surface area contributed by atoms with E-state index in [0.717, 1.165) is 12.8 Å². The normalized spacial score (nSPS) is 18.3. The summed E-state index contributed by atoms with van der Waals surface area (Å²) < 4.78 is 1.60. The molecule has 1 aliphatic carbocycles. The average molecular weight is 221 g/mol. The highest BCUT2D eigenvalue weighted by Crippen LogP contribution is 2.26. The number of carbonyl (C=O) groups is 1. The van der Waals surface area contributed by atoms with Crippen LogP contribution in [0, 0.1) is 5.92 Å². The Morgan fingerprint density at radius 3 is 2.50 bits per heavy atom.